The summed E-state index contributed by atoms with van der Waals surface area (Å²) >= 11 is 0. The van der Waals surface area contributed by atoms with Gasteiger partial charge in [-0.15, -0.1) is 0 Å². The maximum atomic E-state index is 13.2. The summed E-state index contributed by atoms with van der Waals surface area (Å²) in [6, 6.07) is 23.5. The normalized spacial score (nSPS) is 28.5. The van der Waals surface area contributed by atoms with Crippen molar-refractivity contribution in [1.82, 2.24) is 5.32 Å². The standard InChI is InChI=1S/C57H63NO11/c1-64-21-8-14-49-52(56-47-31-50(45-28-39(61)16-18-44(45)55(47)68-49)65-22-5-4-19-57-36(10-7-20-58-57)27-40(62)29-51(57)69-56)48-32-66-54-35(26-42(30-46(54)53(48)63)67-41-12-2-3-13-41)23-34-25-38(60)15-17-43(34)33-9-6-11-37(59)24-33/h6,9,11,15-18,24-26,28,30-31,36,40-41,48-49,51-53,56,58-63H,2-3,7-8,10,12-14,19-23,27,29,32H2,1H3. The van der Waals surface area contributed by atoms with E-state index in [1.807, 2.05) is 36.4 Å². The number of hydrogen-bond donors (Lipinski definition) is 6. The summed E-state index contributed by atoms with van der Waals surface area (Å²) in [4.78, 5) is 0. The molecule has 2 bridgehead atoms. The quantitative estimate of drug-likeness (QED) is 0.0581. The van der Waals surface area contributed by atoms with E-state index in [1.54, 1.807) is 49.6 Å². The van der Waals surface area contributed by atoms with Gasteiger partial charge >= 0.3 is 0 Å². The molecule has 4 aliphatic heterocycles. The first-order valence-electron chi connectivity index (χ1n) is 25.0. The molecule has 9 unspecified atom stereocenters. The second-order valence-corrected chi connectivity index (χ2v) is 20.2. The molecule has 12 nitrogen and oxygen atoms in total. The Morgan fingerprint density at radius 1 is 0.797 bits per heavy atom. The van der Waals surface area contributed by atoms with Crippen LogP contribution < -0.4 is 24.3 Å². The van der Waals surface area contributed by atoms with Gasteiger partial charge in [-0.05, 0) is 148 Å². The lowest BCUT2D eigenvalue weighted by molar-refractivity contribution is -0.180. The number of piperidine rings is 1. The van der Waals surface area contributed by atoms with Gasteiger partial charge in [0.2, 0.25) is 0 Å². The minimum atomic E-state index is -1.05. The van der Waals surface area contributed by atoms with Gasteiger partial charge in [0.25, 0.3) is 0 Å². The third-order valence-electron chi connectivity index (χ3n) is 15.9. The SMILES string of the molecule is COCCCC1Oc2c3cc(c4cc(O)ccc24)OCC#CCC24NCCCC2CC(O)CC4OC3C1C1COc2c(Cc3cc(O)ccc3-c3cccc(O)c3)cc(OC3CCCC3)cc2C1O. The predicted molar refractivity (Wildman–Crippen MR) is 260 cm³/mol. The van der Waals surface area contributed by atoms with Crippen LogP contribution in [0.25, 0.3) is 21.9 Å². The van der Waals surface area contributed by atoms with Crippen LogP contribution in [-0.4, -0.2) is 89.0 Å². The second-order valence-electron chi connectivity index (χ2n) is 20.2. The molecule has 3 fully saturated rings. The number of aromatic hydroxyl groups is 3. The minimum Gasteiger partial charge on any atom is -0.508 e. The van der Waals surface area contributed by atoms with Crippen LogP contribution in [0.5, 0.6) is 40.2 Å². The van der Waals surface area contributed by atoms with E-state index < -0.39 is 47.9 Å². The zero-order valence-electron chi connectivity index (χ0n) is 39.2. The van der Waals surface area contributed by atoms with E-state index in [-0.39, 0.29) is 42.5 Å². The van der Waals surface area contributed by atoms with Crippen molar-refractivity contribution in [1.29, 1.82) is 0 Å². The lowest BCUT2D eigenvalue weighted by Gasteiger charge is -2.55. The Bertz CT molecular complexity index is 2760. The van der Waals surface area contributed by atoms with Crippen molar-refractivity contribution in [3.8, 4) is 63.2 Å². The van der Waals surface area contributed by atoms with Gasteiger partial charge in [0.05, 0.1) is 42.7 Å². The van der Waals surface area contributed by atoms with Gasteiger partial charge in [0.15, 0.2) is 0 Å². The molecule has 0 amide bonds. The van der Waals surface area contributed by atoms with Gasteiger partial charge < -0.3 is 59.3 Å². The number of aliphatic hydroxyl groups is 2. The van der Waals surface area contributed by atoms with E-state index in [9.17, 15) is 25.5 Å². The Kier molecular flexibility index (Phi) is 12.8. The summed E-state index contributed by atoms with van der Waals surface area (Å²) < 4.78 is 40.9. The van der Waals surface area contributed by atoms with E-state index in [0.717, 1.165) is 78.3 Å². The van der Waals surface area contributed by atoms with E-state index in [2.05, 4.69) is 17.2 Å². The van der Waals surface area contributed by atoms with Crippen LogP contribution in [0.2, 0.25) is 0 Å². The molecule has 1 spiro atoms. The Morgan fingerprint density at radius 2 is 1.64 bits per heavy atom. The second kappa shape index (κ2) is 19.3. The summed E-state index contributed by atoms with van der Waals surface area (Å²) in [5.41, 5.74) is 4.13. The van der Waals surface area contributed by atoms with Gasteiger partial charge in [0.1, 0.15) is 53.0 Å². The molecule has 4 heterocycles. The molecule has 5 aromatic rings. The molecular formula is C57H63NO11. The third kappa shape index (κ3) is 8.82. The molecule has 1 saturated heterocycles. The summed E-state index contributed by atoms with van der Waals surface area (Å²) in [5, 5.41) is 62.3. The van der Waals surface area contributed by atoms with Crippen LogP contribution in [0, 0.1) is 29.6 Å². The summed E-state index contributed by atoms with van der Waals surface area (Å²) in [5.74, 6) is 8.59. The molecule has 12 heteroatoms. The average Bonchev–Trinajstić information content (AvgIpc) is 3.85. The Morgan fingerprint density at radius 3 is 2.49 bits per heavy atom. The fourth-order valence-corrected chi connectivity index (χ4v) is 12.7. The largest absolute Gasteiger partial charge is 0.508 e. The predicted octanol–water partition coefficient (Wildman–Crippen LogP) is 9.19. The number of aliphatic hydroxyl groups excluding tert-OH is 2. The summed E-state index contributed by atoms with van der Waals surface area (Å²) in [7, 11) is 1.69. The van der Waals surface area contributed by atoms with Gasteiger partial charge in [-0.2, -0.15) is 0 Å². The number of methoxy groups -OCH3 is 1. The smallest absolute Gasteiger partial charge is 0.149 e. The Labute approximate surface area is 403 Å². The number of phenols is 3. The van der Waals surface area contributed by atoms with Crippen molar-refractivity contribution in [3.05, 3.63) is 101 Å². The zero-order valence-corrected chi connectivity index (χ0v) is 39.2. The molecule has 5 aromatic carbocycles. The van der Waals surface area contributed by atoms with Crippen LogP contribution in [0.3, 0.4) is 0 Å². The Hall–Kier alpha value is -5.68. The lowest BCUT2D eigenvalue weighted by Crippen LogP contribution is -2.66. The van der Waals surface area contributed by atoms with E-state index in [4.69, 9.17) is 28.4 Å². The molecule has 2 saturated carbocycles. The summed E-state index contributed by atoms with van der Waals surface area (Å²) in [6.07, 6.45) is 6.09. The highest BCUT2D eigenvalue weighted by molar-refractivity contribution is 5.96. The molecule has 0 aromatic heterocycles. The number of phenolic OH excluding ortho intramolecular Hbond substituents is 3. The van der Waals surface area contributed by atoms with Gasteiger partial charge in [-0.3, -0.25) is 0 Å². The number of nitrogens with one attached hydrogen (secondary N) is 1. The fraction of sp³-hybridized carbons (Fsp3) is 0.474. The maximum absolute atomic E-state index is 13.2. The number of rotatable bonds is 10. The maximum Gasteiger partial charge on any atom is 0.149 e. The van der Waals surface area contributed by atoms with Crippen LogP contribution in [0.4, 0.5) is 0 Å². The van der Waals surface area contributed by atoms with Crippen molar-refractivity contribution in [3.63, 3.8) is 0 Å². The van der Waals surface area contributed by atoms with Crippen molar-refractivity contribution < 1.29 is 54.0 Å². The topological polar surface area (TPSA) is 169 Å². The molecule has 0 radical (unpaired) electrons. The molecule has 69 heavy (non-hydrogen) atoms. The number of fused-ring (bicyclic) bond motifs is 5. The minimum absolute atomic E-state index is 0.0447. The van der Waals surface area contributed by atoms with E-state index >= 15 is 0 Å². The molecule has 362 valence electrons. The molecular weight excluding hydrogens is 875 g/mol. The van der Waals surface area contributed by atoms with Gasteiger partial charge in [0, 0.05) is 72.3 Å². The Balaban J connectivity index is 1.05. The zero-order chi connectivity index (χ0) is 47.2. The van der Waals surface area contributed by atoms with Crippen molar-refractivity contribution in [2.75, 3.05) is 33.5 Å². The van der Waals surface area contributed by atoms with E-state index in [0.29, 0.717) is 79.1 Å². The number of ether oxygens (including phenoxy) is 6. The first kappa shape index (κ1) is 45.7. The number of benzene rings is 5. The first-order valence-corrected chi connectivity index (χ1v) is 25.0. The van der Waals surface area contributed by atoms with Gasteiger partial charge in [-0.1, -0.05) is 30.0 Å². The lowest BCUT2D eigenvalue weighted by atomic mass is 9.64. The molecule has 2 aliphatic carbocycles. The molecule has 11 rings (SSSR count). The number of hydrogen-bond acceptors (Lipinski definition) is 12. The first-order chi connectivity index (χ1) is 33.7. The van der Waals surface area contributed by atoms with E-state index in [1.165, 1.54) is 0 Å². The summed E-state index contributed by atoms with van der Waals surface area (Å²) in [6.45, 7) is 1.60. The van der Waals surface area contributed by atoms with Crippen LogP contribution in [0.15, 0.2) is 78.9 Å². The average molecular weight is 938 g/mol. The molecule has 6 N–H and O–H groups in total. The van der Waals surface area contributed by atoms with Crippen LogP contribution >= 0.6 is 0 Å². The highest BCUT2D eigenvalue weighted by Gasteiger charge is 2.55. The highest BCUT2D eigenvalue weighted by atomic mass is 16.5. The fourth-order valence-electron chi connectivity index (χ4n) is 12.7. The van der Waals surface area contributed by atoms with Crippen molar-refractivity contribution >= 4 is 10.8 Å². The van der Waals surface area contributed by atoms with Gasteiger partial charge in [-0.25, -0.2) is 0 Å². The molecule has 9 atom stereocenters. The third-order valence-corrected chi connectivity index (χ3v) is 15.9. The van der Waals surface area contributed by atoms with Crippen molar-refractivity contribution in [2.45, 2.75) is 119 Å². The van der Waals surface area contributed by atoms with Crippen LogP contribution in [0.1, 0.15) is 105 Å². The van der Waals surface area contributed by atoms with Crippen molar-refractivity contribution in [2.24, 2.45) is 17.8 Å². The van der Waals surface area contributed by atoms with Crippen LogP contribution in [-0.2, 0) is 15.9 Å². The highest BCUT2D eigenvalue weighted by Crippen LogP contribution is 2.57. The monoisotopic (exact) mass is 937 g/mol. The molecule has 6 aliphatic rings.